The summed E-state index contributed by atoms with van der Waals surface area (Å²) < 4.78 is 5.29. The predicted octanol–water partition coefficient (Wildman–Crippen LogP) is 3.00. The van der Waals surface area contributed by atoms with Gasteiger partial charge in [-0.25, -0.2) is 4.79 Å². The maximum absolute atomic E-state index is 11.8. The Hall–Kier alpha value is -0.810. The van der Waals surface area contributed by atoms with Gasteiger partial charge in [-0.15, -0.1) is 0 Å². The number of carbonyl (C=O) groups is 1. The second kappa shape index (κ2) is 9.48. The minimum atomic E-state index is -0.445. The Kier molecular flexibility index (Phi) is 8.34. The van der Waals surface area contributed by atoms with Gasteiger partial charge in [0.25, 0.3) is 0 Å². The summed E-state index contributed by atoms with van der Waals surface area (Å²) in [4.78, 5) is 14.3. The third-order valence-electron chi connectivity index (χ3n) is 4.67. The molecule has 2 unspecified atom stereocenters. The van der Waals surface area contributed by atoms with E-state index in [1.807, 2.05) is 20.8 Å². The van der Waals surface area contributed by atoms with Crippen LogP contribution in [0.5, 0.6) is 0 Å². The number of alkyl carbamates (subject to hydrolysis) is 1. The summed E-state index contributed by atoms with van der Waals surface area (Å²) in [5, 5.41) is 6.58. The molecule has 136 valence electrons. The minimum absolute atomic E-state index is 0.293. The molecule has 1 aliphatic rings. The average molecular weight is 328 g/mol. The molecule has 0 aromatic heterocycles. The van der Waals surface area contributed by atoms with E-state index in [4.69, 9.17) is 4.74 Å². The highest BCUT2D eigenvalue weighted by atomic mass is 16.6. The van der Waals surface area contributed by atoms with Crippen molar-refractivity contribution in [1.82, 2.24) is 15.5 Å². The Labute approximate surface area is 142 Å². The smallest absolute Gasteiger partial charge is 0.407 e. The van der Waals surface area contributed by atoms with Crippen molar-refractivity contribution in [3.8, 4) is 0 Å². The van der Waals surface area contributed by atoms with Crippen LogP contribution in [-0.2, 0) is 4.74 Å². The maximum Gasteiger partial charge on any atom is 0.407 e. The van der Waals surface area contributed by atoms with Crippen molar-refractivity contribution in [2.24, 2.45) is 5.92 Å². The topological polar surface area (TPSA) is 53.6 Å². The van der Waals surface area contributed by atoms with Gasteiger partial charge in [-0.2, -0.15) is 0 Å². The Morgan fingerprint density at radius 1 is 1.26 bits per heavy atom. The highest BCUT2D eigenvalue weighted by Gasteiger charge is 2.25. The van der Waals surface area contributed by atoms with Gasteiger partial charge in [-0.05, 0) is 72.5 Å². The van der Waals surface area contributed by atoms with Gasteiger partial charge in [0.2, 0.25) is 0 Å². The van der Waals surface area contributed by atoms with Crippen LogP contribution in [-0.4, -0.2) is 54.9 Å². The molecule has 1 fully saturated rings. The molecule has 1 heterocycles. The lowest BCUT2D eigenvalue weighted by Gasteiger charge is -2.36. The number of hydrogen-bond donors (Lipinski definition) is 2. The second-order valence-corrected chi connectivity index (χ2v) is 7.71. The van der Waals surface area contributed by atoms with Crippen LogP contribution in [0.1, 0.15) is 60.8 Å². The molecule has 0 aromatic carbocycles. The number of ether oxygens (including phenoxy) is 1. The fraction of sp³-hybridized carbons (Fsp3) is 0.944. The molecule has 0 aliphatic carbocycles. The number of piperidine rings is 1. The molecule has 5 heteroatoms. The first-order valence-corrected chi connectivity index (χ1v) is 9.20. The molecule has 0 aromatic rings. The summed E-state index contributed by atoms with van der Waals surface area (Å²) >= 11 is 0. The average Bonchev–Trinajstić information content (AvgIpc) is 2.49. The molecule has 0 spiro atoms. The van der Waals surface area contributed by atoms with Crippen molar-refractivity contribution in [2.45, 2.75) is 78.5 Å². The zero-order valence-electron chi connectivity index (χ0n) is 15.9. The first kappa shape index (κ1) is 20.2. The monoisotopic (exact) mass is 327 g/mol. The quantitative estimate of drug-likeness (QED) is 0.755. The summed E-state index contributed by atoms with van der Waals surface area (Å²) in [6.07, 6.45) is 3.19. The van der Waals surface area contributed by atoms with Crippen molar-refractivity contribution in [3.05, 3.63) is 0 Å². The van der Waals surface area contributed by atoms with E-state index < -0.39 is 5.60 Å². The van der Waals surface area contributed by atoms with E-state index in [2.05, 4.69) is 36.3 Å². The Bertz CT molecular complexity index is 347. The maximum atomic E-state index is 11.8. The predicted molar refractivity (Wildman–Crippen MR) is 95.8 cm³/mol. The third kappa shape index (κ3) is 8.02. The van der Waals surface area contributed by atoms with Gasteiger partial charge in [0.1, 0.15) is 5.60 Å². The normalized spacial score (nSPS) is 20.1. The lowest BCUT2D eigenvalue weighted by molar-refractivity contribution is 0.0520. The lowest BCUT2D eigenvalue weighted by atomic mass is 9.89. The van der Waals surface area contributed by atoms with E-state index in [-0.39, 0.29) is 6.09 Å². The van der Waals surface area contributed by atoms with Crippen molar-refractivity contribution >= 4 is 6.09 Å². The van der Waals surface area contributed by atoms with Gasteiger partial charge < -0.3 is 20.3 Å². The molecule has 0 saturated carbocycles. The highest BCUT2D eigenvalue weighted by Crippen LogP contribution is 2.20. The molecule has 0 radical (unpaired) electrons. The van der Waals surface area contributed by atoms with Crippen LogP contribution in [0.15, 0.2) is 0 Å². The van der Waals surface area contributed by atoms with Crippen LogP contribution in [0.25, 0.3) is 0 Å². The molecule has 2 N–H and O–H groups in total. The van der Waals surface area contributed by atoms with Crippen LogP contribution in [0.2, 0.25) is 0 Å². The number of likely N-dealkylation sites (tertiary alicyclic amines) is 1. The molecule has 23 heavy (non-hydrogen) atoms. The van der Waals surface area contributed by atoms with Gasteiger partial charge in [0, 0.05) is 18.6 Å². The van der Waals surface area contributed by atoms with Gasteiger partial charge in [0.05, 0.1) is 0 Å². The fourth-order valence-corrected chi connectivity index (χ4v) is 3.12. The van der Waals surface area contributed by atoms with E-state index >= 15 is 0 Å². The van der Waals surface area contributed by atoms with Gasteiger partial charge in [-0.3, -0.25) is 0 Å². The largest absolute Gasteiger partial charge is 0.444 e. The van der Waals surface area contributed by atoms with Crippen LogP contribution < -0.4 is 10.6 Å². The van der Waals surface area contributed by atoms with Crippen LogP contribution >= 0.6 is 0 Å². The van der Waals surface area contributed by atoms with E-state index in [0.717, 1.165) is 18.9 Å². The molecule has 1 aliphatic heterocycles. The summed E-state index contributed by atoms with van der Waals surface area (Å²) in [6.45, 7) is 16.5. The van der Waals surface area contributed by atoms with Crippen LogP contribution in [0.3, 0.4) is 0 Å². The molecular formula is C18H37N3O2. The Balaban J connectivity index is 2.33. The zero-order valence-corrected chi connectivity index (χ0v) is 15.9. The number of rotatable bonds is 7. The molecule has 1 saturated heterocycles. The summed E-state index contributed by atoms with van der Waals surface area (Å²) in [7, 11) is 0. The number of carbonyl (C=O) groups excluding carboxylic acids is 1. The van der Waals surface area contributed by atoms with Crippen molar-refractivity contribution < 1.29 is 9.53 Å². The van der Waals surface area contributed by atoms with E-state index in [1.54, 1.807) is 0 Å². The number of nitrogens with zero attached hydrogens (tertiary/aromatic N) is 1. The Morgan fingerprint density at radius 3 is 2.35 bits per heavy atom. The number of nitrogens with one attached hydrogen (secondary N) is 2. The minimum Gasteiger partial charge on any atom is -0.444 e. The molecule has 1 amide bonds. The summed E-state index contributed by atoms with van der Waals surface area (Å²) in [6, 6.07) is 0.779. The van der Waals surface area contributed by atoms with Crippen molar-refractivity contribution in [3.63, 3.8) is 0 Å². The van der Waals surface area contributed by atoms with Crippen molar-refractivity contribution in [2.75, 3.05) is 26.2 Å². The molecule has 0 bridgehead atoms. The van der Waals surface area contributed by atoms with Crippen LogP contribution in [0.4, 0.5) is 4.79 Å². The molecule has 2 atom stereocenters. The second-order valence-electron chi connectivity index (χ2n) is 7.71. The Morgan fingerprint density at radius 2 is 1.87 bits per heavy atom. The van der Waals surface area contributed by atoms with E-state index in [9.17, 15) is 4.79 Å². The standard InChI is InChI=1S/C18H37N3O2/c1-7-16(13-19-17(22)23-18(4,5)6)20-14(3)15-9-11-21(8-2)12-10-15/h14-16,20H,7-13H2,1-6H3,(H,19,22). The zero-order chi connectivity index (χ0) is 17.5. The van der Waals surface area contributed by atoms with E-state index in [1.165, 1.54) is 25.9 Å². The first-order chi connectivity index (χ1) is 10.7. The molecular weight excluding hydrogens is 290 g/mol. The summed E-state index contributed by atoms with van der Waals surface area (Å²) in [5.74, 6) is 0.730. The lowest BCUT2D eigenvalue weighted by Crippen LogP contribution is -2.49. The molecule has 1 rings (SSSR count). The fourth-order valence-electron chi connectivity index (χ4n) is 3.12. The number of amides is 1. The van der Waals surface area contributed by atoms with Crippen molar-refractivity contribution in [1.29, 1.82) is 0 Å². The van der Waals surface area contributed by atoms with E-state index in [0.29, 0.717) is 18.6 Å². The third-order valence-corrected chi connectivity index (χ3v) is 4.67. The van der Waals surface area contributed by atoms with Gasteiger partial charge in [0.15, 0.2) is 0 Å². The SMILES string of the molecule is CCC(CNC(=O)OC(C)(C)C)NC(C)C1CCN(CC)CC1. The first-order valence-electron chi connectivity index (χ1n) is 9.20. The highest BCUT2D eigenvalue weighted by molar-refractivity contribution is 5.67. The summed E-state index contributed by atoms with van der Waals surface area (Å²) in [5.41, 5.74) is -0.445. The number of hydrogen-bond acceptors (Lipinski definition) is 4. The van der Waals surface area contributed by atoms with Gasteiger partial charge >= 0.3 is 6.09 Å². The van der Waals surface area contributed by atoms with Gasteiger partial charge in [-0.1, -0.05) is 13.8 Å². The molecule has 5 nitrogen and oxygen atoms in total. The van der Waals surface area contributed by atoms with Crippen LogP contribution in [0, 0.1) is 5.92 Å².